The minimum absolute atomic E-state index is 0.0338. The second-order valence-electron chi connectivity index (χ2n) is 6.65. The lowest BCUT2D eigenvalue weighted by Gasteiger charge is -2.20. The first kappa shape index (κ1) is 16.3. The van der Waals surface area contributed by atoms with E-state index in [1.807, 2.05) is 42.5 Å². The van der Waals surface area contributed by atoms with E-state index in [2.05, 4.69) is 5.32 Å². The van der Waals surface area contributed by atoms with Crippen LogP contribution in [-0.2, 0) is 4.74 Å². The third-order valence-electron chi connectivity index (χ3n) is 5.00. The van der Waals surface area contributed by atoms with E-state index in [1.165, 1.54) is 12.1 Å². The van der Waals surface area contributed by atoms with Gasteiger partial charge < -0.3 is 10.1 Å². The molecule has 0 radical (unpaired) electrons. The van der Waals surface area contributed by atoms with Crippen LogP contribution >= 0.6 is 0 Å². The first-order valence-corrected chi connectivity index (χ1v) is 8.78. The van der Waals surface area contributed by atoms with Crippen molar-refractivity contribution in [2.75, 3.05) is 5.32 Å². The van der Waals surface area contributed by atoms with E-state index >= 15 is 0 Å². The Morgan fingerprint density at radius 2 is 1.61 bits per heavy atom. The number of anilines is 1. The fourth-order valence-electron chi connectivity index (χ4n) is 3.77. The van der Waals surface area contributed by atoms with E-state index in [4.69, 9.17) is 4.74 Å². The zero-order valence-corrected chi connectivity index (χ0v) is 14.6. The van der Waals surface area contributed by atoms with Gasteiger partial charge >= 0.3 is 5.97 Å². The quantitative estimate of drug-likeness (QED) is 0.232. The van der Waals surface area contributed by atoms with Crippen LogP contribution in [0.3, 0.4) is 0 Å². The molecule has 1 aliphatic heterocycles. The number of rotatable bonds is 3. The molecule has 0 spiro atoms. The molecule has 4 aromatic carbocycles. The monoisotopic (exact) mass is 370 g/mol. The molecule has 4 aromatic rings. The second kappa shape index (κ2) is 6.06. The number of benzene rings is 4. The van der Waals surface area contributed by atoms with Crippen molar-refractivity contribution < 1.29 is 14.5 Å². The second-order valence-corrected chi connectivity index (χ2v) is 6.65. The fourth-order valence-corrected chi connectivity index (χ4v) is 3.77. The van der Waals surface area contributed by atoms with Crippen LogP contribution in [0.5, 0.6) is 0 Å². The molecule has 6 nitrogen and oxygen atoms in total. The maximum absolute atomic E-state index is 12.8. The Morgan fingerprint density at radius 1 is 0.893 bits per heavy atom. The zero-order valence-electron chi connectivity index (χ0n) is 14.6. The van der Waals surface area contributed by atoms with Gasteiger partial charge in [-0.25, -0.2) is 4.79 Å². The highest BCUT2D eigenvalue weighted by Gasteiger charge is 2.27. The smallest absolute Gasteiger partial charge is 0.340 e. The molecule has 0 aromatic heterocycles. The van der Waals surface area contributed by atoms with Crippen molar-refractivity contribution in [1.29, 1.82) is 0 Å². The van der Waals surface area contributed by atoms with Gasteiger partial charge in [-0.1, -0.05) is 48.5 Å². The van der Waals surface area contributed by atoms with Crippen molar-refractivity contribution in [3.8, 4) is 0 Å². The zero-order chi connectivity index (χ0) is 19.3. The highest BCUT2D eigenvalue weighted by atomic mass is 16.6. The van der Waals surface area contributed by atoms with Gasteiger partial charge in [-0.2, -0.15) is 0 Å². The van der Waals surface area contributed by atoms with Crippen LogP contribution in [0.2, 0.25) is 0 Å². The van der Waals surface area contributed by atoms with Gasteiger partial charge in [0.15, 0.2) is 0 Å². The topological polar surface area (TPSA) is 81.5 Å². The molecule has 0 saturated heterocycles. The van der Waals surface area contributed by atoms with E-state index in [9.17, 15) is 14.9 Å². The van der Waals surface area contributed by atoms with Crippen molar-refractivity contribution >= 4 is 38.9 Å². The Morgan fingerprint density at radius 3 is 2.39 bits per heavy atom. The summed E-state index contributed by atoms with van der Waals surface area (Å²) in [6, 6.07) is 21.5. The standard InChI is InChI=1S/C22H14N2O4/c25-22-18-9-2-5-14-11-10-13-4-1-8-17(19(13)20(14)18)21(28-22)23-15-6-3-7-16(12-15)24(26)27/h1-12,21,23H. The summed E-state index contributed by atoms with van der Waals surface area (Å²) in [5.41, 5.74) is 1.79. The summed E-state index contributed by atoms with van der Waals surface area (Å²) in [5, 5.41) is 18.0. The number of non-ortho nitro benzene ring substituents is 1. The number of ether oxygens (including phenoxy) is 1. The van der Waals surface area contributed by atoms with Crippen molar-refractivity contribution in [3.63, 3.8) is 0 Å². The summed E-state index contributed by atoms with van der Waals surface area (Å²) in [6.07, 6.45) is -0.767. The molecular weight excluding hydrogens is 356 g/mol. The maximum atomic E-state index is 12.8. The van der Waals surface area contributed by atoms with Crippen LogP contribution in [0, 0.1) is 10.1 Å². The predicted molar refractivity (Wildman–Crippen MR) is 106 cm³/mol. The van der Waals surface area contributed by atoms with Gasteiger partial charge in [-0.3, -0.25) is 10.1 Å². The number of nitro groups is 1. The molecule has 1 atom stereocenters. The first-order valence-electron chi connectivity index (χ1n) is 8.78. The number of hydrogen-bond acceptors (Lipinski definition) is 5. The number of cyclic esters (lactones) is 1. The average Bonchev–Trinajstić information content (AvgIpc) is 2.83. The predicted octanol–water partition coefficient (Wildman–Crippen LogP) is 5.18. The minimum atomic E-state index is -0.767. The van der Waals surface area contributed by atoms with E-state index in [-0.39, 0.29) is 5.69 Å². The Kier molecular flexibility index (Phi) is 3.52. The molecule has 1 aliphatic rings. The molecule has 0 fully saturated rings. The summed E-state index contributed by atoms with van der Waals surface area (Å²) in [6.45, 7) is 0. The molecule has 28 heavy (non-hydrogen) atoms. The Labute approximate surface area is 159 Å². The normalized spacial score (nSPS) is 15.4. The van der Waals surface area contributed by atoms with Crippen LogP contribution in [0.25, 0.3) is 21.5 Å². The molecule has 1 heterocycles. The van der Waals surface area contributed by atoms with Gasteiger partial charge in [0, 0.05) is 28.8 Å². The van der Waals surface area contributed by atoms with Crippen LogP contribution in [0.4, 0.5) is 11.4 Å². The summed E-state index contributed by atoms with van der Waals surface area (Å²) in [7, 11) is 0. The molecule has 0 amide bonds. The first-order chi connectivity index (χ1) is 13.6. The number of nitro benzene ring substituents is 1. The molecular formula is C22H14N2O4. The number of nitrogens with zero attached hydrogens (tertiary/aromatic N) is 1. The van der Waals surface area contributed by atoms with E-state index in [1.54, 1.807) is 18.2 Å². The molecule has 6 heteroatoms. The molecule has 136 valence electrons. The van der Waals surface area contributed by atoms with Crippen LogP contribution in [0.15, 0.2) is 72.8 Å². The lowest BCUT2D eigenvalue weighted by atomic mass is 9.94. The average molecular weight is 370 g/mol. The molecule has 0 bridgehead atoms. The van der Waals surface area contributed by atoms with Gasteiger partial charge in [0.1, 0.15) is 0 Å². The van der Waals surface area contributed by atoms with Crippen molar-refractivity contribution in [2.45, 2.75) is 6.23 Å². The summed E-state index contributed by atoms with van der Waals surface area (Å²) >= 11 is 0. The lowest BCUT2D eigenvalue weighted by molar-refractivity contribution is -0.384. The van der Waals surface area contributed by atoms with Crippen molar-refractivity contribution in [3.05, 3.63) is 94.0 Å². The summed E-state index contributed by atoms with van der Waals surface area (Å²) in [5.74, 6) is -0.433. The molecule has 0 saturated carbocycles. The highest BCUT2D eigenvalue weighted by molar-refractivity contribution is 6.18. The van der Waals surface area contributed by atoms with Crippen molar-refractivity contribution in [1.82, 2.24) is 0 Å². The minimum Gasteiger partial charge on any atom is -0.434 e. The van der Waals surface area contributed by atoms with E-state index in [0.29, 0.717) is 11.3 Å². The van der Waals surface area contributed by atoms with E-state index in [0.717, 1.165) is 27.1 Å². The molecule has 0 aliphatic carbocycles. The number of carbonyl (C=O) groups is 1. The largest absolute Gasteiger partial charge is 0.434 e. The number of hydrogen-bond donors (Lipinski definition) is 1. The Hall–Kier alpha value is -3.93. The number of nitrogens with one attached hydrogen (secondary N) is 1. The van der Waals surface area contributed by atoms with E-state index < -0.39 is 17.1 Å². The summed E-state index contributed by atoms with van der Waals surface area (Å²) < 4.78 is 5.76. The van der Waals surface area contributed by atoms with Crippen LogP contribution in [-0.4, -0.2) is 10.9 Å². The third kappa shape index (κ3) is 2.46. The van der Waals surface area contributed by atoms with Crippen LogP contribution < -0.4 is 5.32 Å². The van der Waals surface area contributed by atoms with Gasteiger partial charge in [0.05, 0.1) is 10.5 Å². The Bertz CT molecular complexity index is 1280. The highest BCUT2D eigenvalue weighted by Crippen LogP contribution is 2.38. The third-order valence-corrected chi connectivity index (χ3v) is 5.00. The summed E-state index contributed by atoms with van der Waals surface area (Å²) in [4.78, 5) is 23.5. The van der Waals surface area contributed by atoms with Gasteiger partial charge in [0.2, 0.25) is 6.23 Å². The number of carbonyl (C=O) groups excluding carboxylic acids is 1. The van der Waals surface area contributed by atoms with Crippen LogP contribution in [0.1, 0.15) is 22.1 Å². The fraction of sp³-hybridized carbons (Fsp3) is 0.0455. The molecule has 1 N–H and O–H groups in total. The van der Waals surface area contributed by atoms with Crippen molar-refractivity contribution in [2.24, 2.45) is 0 Å². The van der Waals surface area contributed by atoms with Gasteiger partial charge in [-0.15, -0.1) is 0 Å². The molecule has 1 unspecified atom stereocenters. The number of esters is 1. The lowest BCUT2D eigenvalue weighted by Crippen LogP contribution is -2.17. The maximum Gasteiger partial charge on any atom is 0.340 e. The van der Waals surface area contributed by atoms with Gasteiger partial charge in [0.25, 0.3) is 5.69 Å². The van der Waals surface area contributed by atoms with Gasteiger partial charge in [-0.05, 0) is 28.3 Å². The Balaban J connectivity index is 1.71. The molecule has 5 rings (SSSR count). The SMILES string of the molecule is O=C1OC(Nc2cccc([N+](=O)[O-])c2)c2cccc3ccc4cccc1c4c23.